The Morgan fingerprint density at radius 1 is 1.06 bits per heavy atom. The van der Waals surface area contributed by atoms with Gasteiger partial charge in [0.15, 0.2) is 0 Å². The molecule has 0 amide bonds. The summed E-state index contributed by atoms with van der Waals surface area (Å²) in [5, 5.41) is 3.66. The van der Waals surface area contributed by atoms with Crippen molar-refractivity contribution in [1.82, 2.24) is 5.32 Å². The van der Waals surface area contributed by atoms with Crippen molar-refractivity contribution in [2.45, 2.75) is 53.5 Å². The number of hydrogen-bond acceptors (Lipinski definition) is 1. The lowest BCUT2D eigenvalue weighted by Crippen LogP contribution is -2.35. The van der Waals surface area contributed by atoms with E-state index < -0.39 is 0 Å². The van der Waals surface area contributed by atoms with Crippen LogP contribution in [0.25, 0.3) is 0 Å². The van der Waals surface area contributed by atoms with Gasteiger partial charge in [-0.25, -0.2) is 0 Å². The zero-order valence-corrected chi connectivity index (χ0v) is 12.7. The quantitative estimate of drug-likeness (QED) is 0.791. The topological polar surface area (TPSA) is 12.0 Å². The second-order valence-electron chi connectivity index (χ2n) is 6.60. The molecular weight excluding hydrogens is 218 g/mol. The summed E-state index contributed by atoms with van der Waals surface area (Å²) in [6.45, 7) is 12.7. The Balaban J connectivity index is 2.24. The third-order valence-corrected chi connectivity index (χ3v) is 3.96. The molecule has 102 valence electrons. The van der Waals surface area contributed by atoms with Crippen molar-refractivity contribution < 1.29 is 0 Å². The molecule has 0 saturated heterocycles. The first kappa shape index (κ1) is 15.2. The minimum Gasteiger partial charge on any atom is -0.314 e. The van der Waals surface area contributed by atoms with Crippen LogP contribution in [-0.4, -0.2) is 12.6 Å². The van der Waals surface area contributed by atoms with Gasteiger partial charge in [0, 0.05) is 6.04 Å². The summed E-state index contributed by atoms with van der Waals surface area (Å²) in [5.74, 6) is 0.705. The summed E-state index contributed by atoms with van der Waals surface area (Å²) < 4.78 is 0. The summed E-state index contributed by atoms with van der Waals surface area (Å²) in [5.41, 5.74) is 1.83. The van der Waals surface area contributed by atoms with Gasteiger partial charge in [-0.1, -0.05) is 58.0 Å². The van der Waals surface area contributed by atoms with E-state index in [4.69, 9.17) is 0 Å². The van der Waals surface area contributed by atoms with Gasteiger partial charge in [-0.2, -0.15) is 0 Å². The molecule has 0 heterocycles. The zero-order valence-electron chi connectivity index (χ0n) is 12.7. The number of hydrogen-bond donors (Lipinski definition) is 1. The van der Waals surface area contributed by atoms with Crippen LogP contribution in [0.4, 0.5) is 0 Å². The average molecular weight is 247 g/mol. The summed E-state index contributed by atoms with van der Waals surface area (Å²) in [7, 11) is 0. The van der Waals surface area contributed by atoms with Crippen LogP contribution in [0.15, 0.2) is 30.3 Å². The van der Waals surface area contributed by atoms with E-state index in [1.54, 1.807) is 0 Å². The largest absolute Gasteiger partial charge is 0.314 e. The Morgan fingerprint density at radius 2 is 1.67 bits per heavy atom. The number of rotatable bonds is 6. The molecule has 0 aliphatic rings. The molecule has 1 aromatic carbocycles. The average Bonchev–Trinajstić information content (AvgIpc) is 2.33. The van der Waals surface area contributed by atoms with E-state index in [2.05, 4.69) is 70.3 Å². The normalized spacial score (nSPS) is 15.4. The molecule has 0 spiro atoms. The molecule has 1 nitrogen and oxygen atoms in total. The molecule has 0 fully saturated rings. The van der Waals surface area contributed by atoms with Gasteiger partial charge in [0.2, 0.25) is 0 Å². The van der Waals surface area contributed by atoms with Crippen LogP contribution in [0.3, 0.4) is 0 Å². The highest BCUT2D eigenvalue weighted by Crippen LogP contribution is 2.24. The standard InChI is InChI=1S/C17H29N/c1-14(17(3,4)5)13-18-15(2)11-12-16-9-7-6-8-10-16/h6-10,14-15,18H,11-13H2,1-5H3. The van der Waals surface area contributed by atoms with Gasteiger partial charge in [0.25, 0.3) is 0 Å². The molecular formula is C17H29N. The fourth-order valence-electron chi connectivity index (χ4n) is 1.81. The summed E-state index contributed by atoms with van der Waals surface area (Å²) >= 11 is 0. The van der Waals surface area contributed by atoms with Crippen LogP contribution in [-0.2, 0) is 6.42 Å². The molecule has 0 radical (unpaired) electrons. The van der Waals surface area contributed by atoms with E-state index in [0.717, 1.165) is 6.54 Å². The van der Waals surface area contributed by atoms with E-state index in [-0.39, 0.29) is 0 Å². The molecule has 2 atom stereocenters. The van der Waals surface area contributed by atoms with Crippen molar-refractivity contribution in [1.29, 1.82) is 0 Å². The van der Waals surface area contributed by atoms with Gasteiger partial charge in [-0.15, -0.1) is 0 Å². The third kappa shape index (κ3) is 5.68. The molecule has 0 aliphatic carbocycles. The van der Waals surface area contributed by atoms with Crippen molar-refractivity contribution in [3.05, 3.63) is 35.9 Å². The summed E-state index contributed by atoms with van der Waals surface area (Å²) in [6, 6.07) is 11.3. The Kier molecular flexibility index (Phi) is 5.87. The Bertz CT molecular complexity index is 323. The molecule has 1 heteroatoms. The second kappa shape index (κ2) is 6.94. The minimum atomic E-state index is 0.395. The molecule has 2 unspecified atom stereocenters. The van der Waals surface area contributed by atoms with Crippen molar-refractivity contribution in [3.8, 4) is 0 Å². The van der Waals surface area contributed by atoms with Crippen LogP contribution in [0.1, 0.15) is 46.6 Å². The maximum absolute atomic E-state index is 3.66. The molecule has 1 aromatic rings. The molecule has 0 bridgehead atoms. The van der Waals surface area contributed by atoms with Crippen LogP contribution >= 0.6 is 0 Å². The predicted octanol–water partition coefficient (Wildman–Crippen LogP) is 4.28. The fraction of sp³-hybridized carbons (Fsp3) is 0.647. The van der Waals surface area contributed by atoms with Gasteiger partial charge in [-0.05, 0) is 43.2 Å². The van der Waals surface area contributed by atoms with E-state index in [1.165, 1.54) is 18.4 Å². The van der Waals surface area contributed by atoms with Crippen LogP contribution in [0.5, 0.6) is 0 Å². The Hall–Kier alpha value is -0.820. The molecule has 0 aliphatic heterocycles. The summed E-state index contributed by atoms with van der Waals surface area (Å²) in [6.07, 6.45) is 2.37. The molecule has 18 heavy (non-hydrogen) atoms. The van der Waals surface area contributed by atoms with E-state index in [9.17, 15) is 0 Å². The molecule has 1 N–H and O–H groups in total. The molecule has 0 aromatic heterocycles. The maximum Gasteiger partial charge on any atom is 0.00420 e. The highest BCUT2D eigenvalue weighted by atomic mass is 14.9. The molecule has 1 rings (SSSR count). The first-order valence-electron chi connectivity index (χ1n) is 7.17. The number of benzene rings is 1. The van der Waals surface area contributed by atoms with Crippen LogP contribution < -0.4 is 5.32 Å². The van der Waals surface area contributed by atoms with E-state index >= 15 is 0 Å². The van der Waals surface area contributed by atoms with Crippen molar-refractivity contribution in [2.75, 3.05) is 6.54 Å². The first-order chi connectivity index (χ1) is 8.39. The van der Waals surface area contributed by atoms with Gasteiger partial charge in [0.05, 0.1) is 0 Å². The summed E-state index contributed by atoms with van der Waals surface area (Å²) in [4.78, 5) is 0. The smallest absolute Gasteiger partial charge is 0.00420 e. The second-order valence-corrected chi connectivity index (χ2v) is 6.60. The monoisotopic (exact) mass is 247 g/mol. The third-order valence-electron chi connectivity index (χ3n) is 3.96. The fourth-order valence-corrected chi connectivity index (χ4v) is 1.81. The first-order valence-corrected chi connectivity index (χ1v) is 7.17. The maximum atomic E-state index is 3.66. The van der Waals surface area contributed by atoms with Crippen molar-refractivity contribution in [3.63, 3.8) is 0 Å². The number of nitrogens with one attached hydrogen (secondary N) is 1. The number of aryl methyl sites for hydroxylation is 1. The van der Waals surface area contributed by atoms with Crippen molar-refractivity contribution in [2.24, 2.45) is 11.3 Å². The lowest BCUT2D eigenvalue weighted by Gasteiger charge is -2.28. The van der Waals surface area contributed by atoms with Crippen LogP contribution in [0, 0.1) is 11.3 Å². The highest BCUT2D eigenvalue weighted by molar-refractivity contribution is 5.14. The van der Waals surface area contributed by atoms with Crippen LogP contribution in [0.2, 0.25) is 0 Å². The SMILES string of the molecule is CC(CCc1ccccc1)NCC(C)C(C)(C)C. The van der Waals surface area contributed by atoms with E-state index in [1.807, 2.05) is 0 Å². The lowest BCUT2D eigenvalue weighted by molar-refractivity contribution is 0.245. The highest BCUT2D eigenvalue weighted by Gasteiger charge is 2.19. The predicted molar refractivity (Wildman–Crippen MR) is 80.8 cm³/mol. The van der Waals surface area contributed by atoms with Gasteiger partial charge in [-0.3, -0.25) is 0 Å². The van der Waals surface area contributed by atoms with Gasteiger partial charge < -0.3 is 5.32 Å². The van der Waals surface area contributed by atoms with Gasteiger partial charge >= 0.3 is 0 Å². The van der Waals surface area contributed by atoms with Crippen molar-refractivity contribution >= 4 is 0 Å². The lowest BCUT2D eigenvalue weighted by atomic mass is 9.82. The minimum absolute atomic E-state index is 0.395. The Morgan fingerprint density at radius 3 is 2.22 bits per heavy atom. The van der Waals surface area contributed by atoms with Gasteiger partial charge in [0.1, 0.15) is 0 Å². The van der Waals surface area contributed by atoms with E-state index in [0.29, 0.717) is 17.4 Å². The molecule has 0 saturated carbocycles. The Labute approximate surface area is 113 Å². The zero-order chi connectivity index (χ0) is 13.6.